The second-order valence-corrected chi connectivity index (χ2v) is 5.04. The molecule has 0 aliphatic carbocycles. The van der Waals surface area contributed by atoms with Gasteiger partial charge in [0.05, 0.1) is 6.54 Å². The number of halogens is 2. The van der Waals surface area contributed by atoms with E-state index in [2.05, 4.69) is 15.5 Å². The molecule has 20 heavy (non-hydrogen) atoms. The van der Waals surface area contributed by atoms with Crippen LogP contribution in [0.4, 0.5) is 0 Å². The minimum atomic E-state index is 0.426. The topological polar surface area (TPSA) is 43.6 Å². The fourth-order valence-electron chi connectivity index (χ4n) is 1.94. The predicted molar refractivity (Wildman–Crippen MR) is 78.8 cm³/mol. The molecule has 0 spiro atoms. The van der Waals surface area contributed by atoms with Crippen molar-refractivity contribution in [3.05, 3.63) is 64.1 Å². The molecule has 4 nitrogen and oxygen atoms in total. The Labute approximate surface area is 126 Å². The Morgan fingerprint density at radius 3 is 2.30 bits per heavy atom. The molecule has 6 heteroatoms. The van der Waals surface area contributed by atoms with Gasteiger partial charge in [-0.05, 0) is 22.6 Å². The lowest BCUT2D eigenvalue weighted by molar-refractivity contribution is 0.653. The summed E-state index contributed by atoms with van der Waals surface area (Å²) < 4.78 is 1.68. The first-order valence-corrected chi connectivity index (χ1v) is 6.76. The first kappa shape index (κ1) is 13.1. The summed E-state index contributed by atoms with van der Waals surface area (Å²) in [5.41, 5.74) is 1.75. The molecule has 0 amide bonds. The molecule has 0 aliphatic rings. The number of tetrazole rings is 1. The molecule has 0 unspecified atom stereocenters. The van der Waals surface area contributed by atoms with E-state index >= 15 is 0 Å². The second kappa shape index (κ2) is 5.61. The maximum atomic E-state index is 6.18. The number of hydrogen-bond acceptors (Lipinski definition) is 3. The molecule has 0 saturated carbocycles. The quantitative estimate of drug-likeness (QED) is 0.741. The number of rotatable bonds is 3. The monoisotopic (exact) mass is 304 g/mol. The van der Waals surface area contributed by atoms with Gasteiger partial charge in [0.2, 0.25) is 0 Å². The third kappa shape index (κ3) is 2.53. The fourth-order valence-corrected chi connectivity index (χ4v) is 2.46. The zero-order chi connectivity index (χ0) is 13.9. The van der Waals surface area contributed by atoms with Gasteiger partial charge >= 0.3 is 0 Å². The molecule has 100 valence electrons. The van der Waals surface area contributed by atoms with E-state index in [4.69, 9.17) is 23.2 Å². The molecular formula is C14H10Cl2N4. The zero-order valence-electron chi connectivity index (χ0n) is 10.4. The third-order valence-corrected chi connectivity index (χ3v) is 3.64. The zero-order valence-corrected chi connectivity index (χ0v) is 11.9. The van der Waals surface area contributed by atoms with Crippen LogP contribution >= 0.6 is 23.2 Å². The normalized spacial score (nSPS) is 10.7. The van der Waals surface area contributed by atoms with Gasteiger partial charge in [-0.15, -0.1) is 5.10 Å². The number of benzene rings is 2. The molecule has 0 N–H and O–H groups in total. The van der Waals surface area contributed by atoms with Crippen LogP contribution in [0.15, 0.2) is 48.5 Å². The van der Waals surface area contributed by atoms with Crippen molar-refractivity contribution in [1.29, 1.82) is 0 Å². The lowest BCUT2D eigenvalue weighted by Crippen LogP contribution is -2.05. The SMILES string of the molecule is Clc1cccc(Cl)c1Cn1nnnc1-c1ccccc1. The lowest BCUT2D eigenvalue weighted by Gasteiger charge is -2.08. The molecule has 0 bridgehead atoms. The third-order valence-electron chi connectivity index (χ3n) is 2.93. The highest BCUT2D eigenvalue weighted by molar-refractivity contribution is 6.35. The summed E-state index contributed by atoms with van der Waals surface area (Å²) in [4.78, 5) is 0. The molecule has 0 fully saturated rings. The highest BCUT2D eigenvalue weighted by atomic mass is 35.5. The lowest BCUT2D eigenvalue weighted by atomic mass is 10.2. The Bertz CT molecular complexity index is 705. The number of hydrogen-bond donors (Lipinski definition) is 0. The molecule has 1 heterocycles. The highest BCUT2D eigenvalue weighted by Crippen LogP contribution is 2.26. The smallest absolute Gasteiger partial charge is 0.182 e. The summed E-state index contributed by atoms with van der Waals surface area (Å²) in [5, 5.41) is 13.0. The molecule has 2 aromatic carbocycles. The van der Waals surface area contributed by atoms with Crippen molar-refractivity contribution < 1.29 is 0 Å². The van der Waals surface area contributed by atoms with E-state index in [1.807, 2.05) is 36.4 Å². The molecule has 0 aliphatic heterocycles. The van der Waals surface area contributed by atoms with Crippen LogP contribution in [-0.4, -0.2) is 20.2 Å². The van der Waals surface area contributed by atoms with Crippen molar-refractivity contribution in [2.24, 2.45) is 0 Å². The summed E-state index contributed by atoms with van der Waals surface area (Å²) in [6.45, 7) is 0.426. The van der Waals surface area contributed by atoms with E-state index in [0.717, 1.165) is 11.1 Å². The van der Waals surface area contributed by atoms with E-state index in [1.165, 1.54) is 0 Å². The molecule has 3 rings (SSSR count). The maximum absolute atomic E-state index is 6.18. The van der Waals surface area contributed by atoms with Crippen molar-refractivity contribution in [1.82, 2.24) is 20.2 Å². The van der Waals surface area contributed by atoms with Crippen LogP contribution in [-0.2, 0) is 6.54 Å². The fraction of sp³-hybridized carbons (Fsp3) is 0.0714. The Balaban J connectivity index is 1.99. The highest BCUT2D eigenvalue weighted by Gasteiger charge is 2.12. The van der Waals surface area contributed by atoms with Gasteiger partial charge in [0.1, 0.15) is 0 Å². The summed E-state index contributed by atoms with van der Waals surface area (Å²) >= 11 is 12.4. The van der Waals surface area contributed by atoms with Gasteiger partial charge in [0, 0.05) is 21.2 Å². The van der Waals surface area contributed by atoms with Crippen LogP contribution in [0.2, 0.25) is 10.0 Å². The molecule has 0 atom stereocenters. The van der Waals surface area contributed by atoms with Crippen LogP contribution in [0, 0.1) is 0 Å². The van der Waals surface area contributed by atoms with Crippen LogP contribution < -0.4 is 0 Å². The van der Waals surface area contributed by atoms with Gasteiger partial charge in [0.25, 0.3) is 0 Å². The largest absolute Gasteiger partial charge is 0.221 e. The summed E-state index contributed by atoms with van der Waals surface area (Å²) in [6, 6.07) is 15.2. The van der Waals surface area contributed by atoms with Gasteiger partial charge in [-0.3, -0.25) is 0 Å². The number of nitrogens with zero attached hydrogens (tertiary/aromatic N) is 4. The standard InChI is InChI=1S/C14H10Cl2N4/c15-12-7-4-8-13(16)11(12)9-20-14(17-18-19-20)10-5-2-1-3-6-10/h1-8H,9H2. The van der Waals surface area contributed by atoms with E-state index in [1.54, 1.807) is 16.8 Å². The van der Waals surface area contributed by atoms with E-state index in [-0.39, 0.29) is 0 Å². The number of aromatic nitrogens is 4. The van der Waals surface area contributed by atoms with Crippen molar-refractivity contribution in [2.75, 3.05) is 0 Å². The van der Waals surface area contributed by atoms with E-state index in [0.29, 0.717) is 22.4 Å². The summed E-state index contributed by atoms with van der Waals surface area (Å²) in [7, 11) is 0. The minimum absolute atomic E-state index is 0.426. The molecule has 0 saturated heterocycles. The maximum Gasteiger partial charge on any atom is 0.182 e. The van der Waals surface area contributed by atoms with E-state index in [9.17, 15) is 0 Å². The van der Waals surface area contributed by atoms with Gasteiger partial charge in [-0.2, -0.15) is 0 Å². The summed E-state index contributed by atoms with van der Waals surface area (Å²) in [6.07, 6.45) is 0. The predicted octanol–water partition coefficient (Wildman–Crippen LogP) is 3.70. The van der Waals surface area contributed by atoms with Gasteiger partial charge < -0.3 is 0 Å². The van der Waals surface area contributed by atoms with Crippen LogP contribution in [0.25, 0.3) is 11.4 Å². The average molecular weight is 305 g/mol. The second-order valence-electron chi connectivity index (χ2n) is 4.23. The van der Waals surface area contributed by atoms with Crippen molar-refractivity contribution >= 4 is 23.2 Å². The Hall–Kier alpha value is -1.91. The first-order chi connectivity index (χ1) is 9.75. The Morgan fingerprint density at radius 2 is 1.60 bits per heavy atom. The molecule has 0 radical (unpaired) electrons. The molecule has 1 aromatic heterocycles. The first-order valence-electron chi connectivity index (χ1n) is 6.00. The molecule has 3 aromatic rings. The minimum Gasteiger partial charge on any atom is -0.221 e. The van der Waals surface area contributed by atoms with Gasteiger partial charge in [-0.25, -0.2) is 4.68 Å². The van der Waals surface area contributed by atoms with Crippen molar-refractivity contribution in [3.8, 4) is 11.4 Å². The summed E-state index contributed by atoms with van der Waals surface area (Å²) in [5.74, 6) is 0.682. The average Bonchev–Trinajstić information content (AvgIpc) is 2.92. The molecular weight excluding hydrogens is 295 g/mol. The van der Waals surface area contributed by atoms with Gasteiger partial charge in [0.15, 0.2) is 5.82 Å². The Kier molecular flexibility index (Phi) is 3.67. The van der Waals surface area contributed by atoms with Crippen molar-refractivity contribution in [3.63, 3.8) is 0 Å². The van der Waals surface area contributed by atoms with Crippen molar-refractivity contribution in [2.45, 2.75) is 6.54 Å². The van der Waals surface area contributed by atoms with Gasteiger partial charge in [-0.1, -0.05) is 59.6 Å². The van der Waals surface area contributed by atoms with E-state index < -0.39 is 0 Å². The Morgan fingerprint density at radius 1 is 0.900 bits per heavy atom. The van der Waals surface area contributed by atoms with Crippen LogP contribution in [0.3, 0.4) is 0 Å². The van der Waals surface area contributed by atoms with Crippen LogP contribution in [0.5, 0.6) is 0 Å². The van der Waals surface area contributed by atoms with Crippen LogP contribution in [0.1, 0.15) is 5.56 Å².